The number of anilines is 2. The van der Waals surface area contributed by atoms with Gasteiger partial charge < -0.3 is 19.4 Å². The van der Waals surface area contributed by atoms with E-state index in [1.807, 2.05) is 45.8 Å². The van der Waals surface area contributed by atoms with Gasteiger partial charge in [-0.25, -0.2) is 15.0 Å². The Kier molecular flexibility index (Phi) is 5.76. The fraction of sp³-hybridized carbons (Fsp3) is 0.250. The minimum atomic E-state index is 0.00296. The number of amides is 1. The molecular weight excluding hydrogens is 404 g/mol. The molecule has 1 fully saturated rings. The first-order chi connectivity index (χ1) is 15.7. The zero-order valence-electron chi connectivity index (χ0n) is 17.6. The molecule has 1 aliphatic rings. The van der Waals surface area contributed by atoms with Crippen molar-refractivity contribution in [1.82, 2.24) is 24.3 Å². The number of hydrogen-bond acceptors (Lipinski definition) is 6. The number of ether oxygens (including phenoxy) is 1. The number of hydrogen-bond donors (Lipinski definition) is 1. The molecule has 1 aliphatic heterocycles. The Balaban J connectivity index is 1.29. The molecule has 0 bridgehead atoms. The number of imidazole rings is 1. The maximum atomic E-state index is 13.3. The molecule has 1 N–H and O–H groups in total. The summed E-state index contributed by atoms with van der Waals surface area (Å²) in [7, 11) is 0. The number of carbonyl (C=O) groups is 1. The van der Waals surface area contributed by atoms with E-state index in [1.54, 1.807) is 24.7 Å². The Morgan fingerprint density at radius 1 is 1.09 bits per heavy atom. The molecule has 0 aliphatic carbocycles. The summed E-state index contributed by atoms with van der Waals surface area (Å²) in [6.07, 6.45) is 10.0. The molecule has 0 saturated carbocycles. The molecular formula is C24H24N6O2. The van der Waals surface area contributed by atoms with Crippen molar-refractivity contribution >= 4 is 23.2 Å². The highest BCUT2D eigenvalue weighted by atomic mass is 16.5. The first kappa shape index (κ1) is 20.1. The second kappa shape index (κ2) is 9.15. The van der Waals surface area contributed by atoms with E-state index in [-0.39, 0.29) is 11.8 Å². The van der Waals surface area contributed by atoms with Gasteiger partial charge in [0.05, 0.1) is 13.2 Å². The van der Waals surface area contributed by atoms with Crippen molar-refractivity contribution in [2.24, 2.45) is 5.92 Å². The highest BCUT2D eigenvalue weighted by molar-refractivity contribution is 5.95. The Labute approximate surface area is 185 Å². The lowest BCUT2D eigenvalue weighted by Gasteiger charge is -2.24. The lowest BCUT2D eigenvalue weighted by Crippen LogP contribution is -2.36. The van der Waals surface area contributed by atoms with Gasteiger partial charge in [-0.15, -0.1) is 0 Å². The van der Waals surface area contributed by atoms with Crippen LogP contribution in [0.15, 0.2) is 73.4 Å². The van der Waals surface area contributed by atoms with E-state index >= 15 is 0 Å². The smallest absolute Gasteiger partial charge is 0.254 e. The van der Waals surface area contributed by atoms with E-state index in [9.17, 15) is 4.79 Å². The van der Waals surface area contributed by atoms with Gasteiger partial charge in [0.25, 0.3) is 5.91 Å². The molecule has 3 aromatic heterocycles. The number of rotatable bonds is 5. The molecule has 8 heteroatoms. The summed E-state index contributed by atoms with van der Waals surface area (Å²) in [6, 6.07) is 13.3. The first-order valence-electron chi connectivity index (χ1n) is 10.7. The summed E-state index contributed by atoms with van der Waals surface area (Å²) in [4.78, 5) is 27.8. The van der Waals surface area contributed by atoms with Crippen molar-refractivity contribution in [2.75, 3.05) is 31.6 Å². The molecule has 1 unspecified atom stereocenters. The Morgan fingerprint density at radius 3 is 2.91 bits per heavy atom. The summed E-state index contributed by atoms with van der Waals surface area (Å²) >= 11 is 0. The molecule has 8 nitrogen and oxygen atoms in total. The van der Waals surface area contributed by atoms with E-state index in [4.69, 9.17) is 4.74 Å². The number of nitrogens with one attached hydrogen (secondary N) is 1. The molecule has 1 amide bonds. The van der Waals surface area contributed by atoms with E-state index in [0.29, 0.717) is 37.8 Å². The van der Waals surface area contributed by atoms with Crippen LogP contribution in [0.1, 0.15) is 15.9 Å². The van der Waals surface area contributed by atoms with Crippen molar-refractivity contribution < 1.29 is 9.53 Å². The minimum absolute atomic E-state index is 0.00296. The second-order valence-electron chi connectivity index (χ2n) is 7.90. The lowest BCUT2D eigenvalue weighted by atomic mass is 10.0. The standard InChI is InChI=1S/C24H24N6O2/c31-23(20-3-1-4-21(14-20)28-24-26-7-2-8-27-24)30-11-12-32-17-19(16-30)13-18-5-6-22-25-9-10-29(22)15-18/h1-10,14-15,19H,11-13,16-17H2,(H,26,27,28). The second-order valence-corrected chi connectivity index (χ2v) is 7.90. The van der Waals surface area contributed by atoms with Gasteiger partial charge in [0.15, 0.2) is 0 Å². The molecule has 1 saturated heterocycles. The maximum Gasteiger partial charge on any atom is 0.254 e. The summed E-state index contributed by atoms with van der Waals surface area (Å²) in [5.41, 5.74) is 3.54. The van der Waals surface area contributed by atoms with Crippen LogP contribution < -0.4 is 5.32 Å². The van der Waals surface area contributed by atoms with E-state index in [2.05, 4.69) is 32.5 Å². The molecule has 5 rings (SSSR count). The van der Waals surface area contributed by atoms with Crippen molar-refractivity contribution in [1.29, 1.82) is 0 Å². The van der Waals surface area contributed by atoms with Crippen LogP contribution in [-0.2, 0) is 11.2 Å². The van der Waals surface area contributed by atoms with Crippen LogP contribution in [-0.4, -0.2) is 56.5 Å². The number of carbonyl (C=O) groups excluding carboxylic acids is 1. The summed E-state index contributed by atoms with van der Waals surface area (Å²) < 4.78 is 7.85. The first-order valence-corrected chi connectivity index (χ1v) is 10.7. The largest absolute Gasteiger partial charge is 0.379 e. The predicted octanol–water partition coefficient (Wildman–Crippen LogP) is 3.20. The van der Waals surface area contributed by atoms with Gasteiger partial charge in [0.1, 0.15) is 5.65 Å². The van der Waals surface area contributed by atoms with Crippen LogP contribution >= 0.6 is 0 Å². The summed E-state index contributed by atoms with van der Waals surface area (Å²) in [5, 5.41) is 3.14. The van der Waals surface area contributed by atoms with Crippen LogP contribution in [0.25, 0.3) is 5.65 Å². The summed E-state index contributed by atoms with van der Waals surface area (Å²) in [5.74, 6) is 0.722. The van der Waals surface area contributed by atoms with Crippen LogP contribution in [0, 0.1) is 5.92 Å². The number of nitrogens with zero attached hydrogens (tertiary/aromatic N) is 5. The Bertz CT molecular complexity index is 1210. The molecule has 0 spiro atoms. The van der Waals surface area contributed by atoms with Crippen molar-refractivity contribution in [3.63, 3.8) is 0 Å². The van der Waals surface area contributed by atoms with Gasteiger partial charge in [-0.1, -0.05) is 12.1 Å². The van der Waals surface area contributed by atoms with E-state index in [1.165, 1.54) is 5.56 Å². The minimum Gasteiger partial charge on any atom is -0.379 e. The third kappa shape index (κ3) is 4.60. The van der Waals surface area contributed by atoms with Gasteiger partial charge in [-0.3, -0.25) is 4.79 Å². The fourth-order valence-electron chi connectivity index (χ4n) is 4.01. The van der Waals surface area contributed by atoms with Gasteiger partial charge in [-0.2, -0.15) is 0 Å². The number of benzene rings is 1. The van der Waals surface area contributed by atoms with Gasteiger partial charge in [0, 0.05) is 61.2 Å². The molecule has 4 aromatic rings. The Hall–Kier alpha value is -3.78. The van der Waals surface area contributed by atoms with Crippen LogP contribution in [0.5, 0.6) is 0 Å². The van der Waals surface area contributed by atoms with Crippen LogP contribution in [0.2, 0.25) is 0 Å². The lowest BCUT2D eigenvalue weighted by molar-refractivity contribution is 0.0737. The van der Waals surface area contributed by atoms with Gasteiger partial charge in [-0.05, 0) is 42.3 Å². The fourth-order valence-corrected chi connectivity index (χ4v) is 4.01. The zero-order chi connectivity index (χ0) is 21.8. The molecule has 162 valence electrons. The van der Waals surface area contributed by atoms with E-state index < -0.39 is 0 Å². The van der Waals surface area contributed by atoms with Crippen molar-refractivity contribution in [3.8, 4) is 0 Å². The average Bonchev–Trinajstić information content (AvgIpc) is 3.17. The molecule has 4 heterocycles. The summed E-state index contributed by atoms with van der Waals surface area (Å²) in [6.45, 7) is 2.41. The molecule has 1 atom stereocenters. The maximum absolute atomic E-state index is 13.3. The van der Waals surface area contributed by atoms with Crippen molar-refractivity contribution in [2.45, 2.75) is 6.42 Å². The molecule has 1 aromatic carbocycles. The van der Waals surface area contributed by atoms with Crippen molar-refractivity contribution in [3.05, 3.63) is 84.6 Å². The SMILES string of the molecule is O=C(c1cccc(Nc2ncccn2)c1)N1CCOCC(Cc2ccc3nccn3c2)C1. The third-order valence-corrected chi connectivity index (χ3v) is 5.53. The van der Waals surface area contributed by atoms with Gasteiger partial charge >= 0.3 is 0 Å². The van der Waals surface area contributed by atoms with Crippen LogP contribution in [0.3, 0.4) is 0 Å². The Morgan fingerprint density at radius 2 is 2.00 bits per heavy atom. The molecule has 32 heavy (non-hydrogen) atoms. The monoisotopic (exact) mass is 428 g/mol. The quantitative estimate of drug-likeness (QED) is 0.526. The number of aromatic nitrogens is 4. The predicted molar refractivity (Wildman–Crippen MR) is 121 cm³/mol. The third-order valence-electron chi connectivity index (χ3n) is 5.53. The number of pyridine rings is 1. The molecule has 0 radical (unpaired) electrons. The van der Waals surface area contributed by atoms with Gasteiger partial charge in [0.2, 0.25) is 5.95 Å². The number of fused-ring (bicyclic) bond motifs is 1. The highest BCUT2D eigenvalue weighted by Crippen LogP contribution is 2.19. The normalized spacial score (nSPS) is 16.6. The topological polar surface area (TPSA) is 84.7 Å². The average molecular weight is 428 g/mol. The van der Waals surface area contributed by atoms with E-state index in [0.717, 1.165) is 17.8 Å². The zero-order valence-corrected chi connectivity index (χ0v) is 17.6. The highest BCUT2D eigenvalue weighted by Gasteiger charge is 2.24. The van der Waals surface area contributed by atoms with Crippen LogP contribution in [0.4, 0.5) is 11.6 Å².